The molecule has 1 aliphatic rings. The van der Waals surface area contributed by atoms with Crippen molar-refractivity contribution in [3.8, 4) is 0 Å². The first-order valence-electron chi connectivity index (χ1n) is 8.02. The van der Waals surface area contributed by atoms with Gasteiger partial charge in [0.15, 0.2) is 0 Å². The molecule has 1 rings (SSSR count). The highest BCUT2D eigenvalue weighted by Gasteiger charge is 2.43. The van der Waals surface area contributed by atoms with Gasteiger partial charge in [-0.1, -0.05) is 27.2 Å². The molecular weight excluding hydrogens is 268 g/mol. The SMILES string of the molecule is CCOC(C)(C)CN1C(=O)C(C(C)CC)NC(=O)C1CC. The number of ether oxygens (including phenoxy) is 1. The van der Waals surface area contributed by atoms with Crippen LogP contribution < -0.4 is 5.32 Å². The summed E-state index contributed by atoms with van der Waals surface area (Å²) in [7, 11) is 0. The topological polar surface area (TPSA) is 58.6 Å². The van der Waals surface area contributed by atoms with Gasteiger partial charge in [0.1, 0.15) is 12.1 Å². The van der Waals surface area contributed by atoms with Gasteiger partial charge in [-0.05, 0) is 33.1 Å². The molecule has 0 aromatic heterocycles. The Kier molecular flexibility index (Phi) is 6.20. The minimum absolute atomic E-state index is 0.0172. The second-order valence-corrected chi connectivity index (χ2v) is 6.45. The van der Waals surface area contributed by atoms with E-state index >= 15 is 0 Å². The number of amides is 2. The van der Waals surface area contributed by atoms with E-state index in [1.807, 2.05) is 41.5 Å². The maximum Gasteiger partial charge on any atom is 0.246 e. The maximum absolute atomic E-state index is 12.8. The third kappa shape index (κ3) is 4.19. The first-order valence-corrected chi connectivity index (χ1v) is 8.02. The second kappa shape index (κ2) is 7.25. The van der Waals surface area contributed by atoms with Gasteiger partial charge in [-0.3, -0.25) is 9.59 Å². The van der Waals surface area contributed by atoms with Crippen molar-refractivity contribution in [3.05, 3.63) is 0 Å². The van der Waals surface area contributed by atoms with Crippen LogP contribution in [0.1, 0.15) is 54.4 Å². The molecule has 2 amide bonds. The number of rotatable bonds is 7. The van der Waals surface area contributed by atoms with E-state index in [1.165, 1.54) is 0 Å². The Morgan fingerprint density at radius 1 is 1.29 bits per heavy atom. The largest absolute Gasteiger partial charge is 0.374 e. The van der Waals surface area contributed by atoms with Crippen molar-refractivity contribution < 1.29 is 14.3 Å². The van der Waals surface area contributed by atoms with E-state index in [1.54, 1.807) is 4.90 Å². The van der Waals surface area contributed by atoms with Crippen molar-refractivity contribution in [2.45, 2.75) is 72.1 Å². The average Bonchev–Trinajstić information content (AvgIpc) is 2.41. The fourth-order valence-electron chi connectivity index (χ4n) is 2.85. The lowest BCUT2D eigenvalue weighted by atomic mass is 9.92. The van der Waals surface area contributed by atoms with Gasteiger partial charge in [0, 0.05) is 6.61 Å². The molecular formula is C16H30N2O3. The molecule has 0 aromatic carbocycles. The number of hydrogen-bond acceptors (Lipinski definition) is 3. The van der Waals surface area contributed by atoms with E-state index < -0.39 is 17.7 Å². The van der Waals surface area contributed by atoms with Crippen LogP contribution in [0.3, 0.4) is 0 Å². The minimum Gasteiger partial charge on any atom is -0.374 e. The fourth-order valence-corrected chi connectivity index (χ4v) is 2.85. The minimum atomic E-state index is -0.449. The molecule has 1 aliphatic heterocycles. The zero-order valence-electron chi connectivity index (χ0n) is 14.2. The van der Waals surface area contributed by atoms with E-state index in [-0.39, 0.29) is 17.7 Å². The summed E-state index contributed by atoms with van der Waals surface area (Å²) in [4.78, 5) is 26.8. The number of carbonyl (C=O) groups is 2. The highest BCUT2D eigenvalue weighted by atomic mass is 16.5. The fraction of sp³-hybridized carbons (Fsp3) is 0.875. The van der Waals surface area contributed by atoms with Gasteiger partial charge in [-0.25, -0.2) is 0 Å². The van der Waals surface area contributed by atoms with Crippen LogP contribution in [0, 0.1) is 5.92 Å². The Hall–Kier alpha value is -1.10. The Morgan fingerprint density at radius 2 is 1.90 bits per heavy atom. The summed E-state index contributed by atoms with van der Waals surface area (Å²) >= 11 is 0. The summed E-state index contributed by atoms with van der Waals surface area (Å²) < 4.78 is 5.70. The molecule has 0 bridgehead atoms. The van der Waals surface area contributed by atoms with Crippen molar-refractivity contribution in [1.82, 2.24) is 10.2 Å². The van der Waals surface area contributed by atoms with E-state index in [9.17, 15) is 9.59 Å². The molecule has 1 N–H and O–H groups in total. The molecule has 1 heterocycles. The third-order valence-corrected chi connectivity index (χ3v) is 4.21. The molecule has 5 nitrogen and oxygen atoms in total. The number of piperazine rings is 1. The van der Waals surface area contributed by atoms with Crippen LogP contribution >= 0.6 is 0 Å². The lowest BCUT2D eigenvalue weighted by Crippen LogP contribution is -2.66. The standard InChI is InChI=1S/C16H30N2O3/c1-7-11(4)13-15(20)18(10-16(5,6)21-9-3)12(8-2)14(19)17-13/h11-13H,7-10H2,1-6H3,(H,17,19). The van der Waals surface area contributed by atoms with E-state index in [0.717, 1.165) is 6.42 Å². The summed E-state index contributed by atoms with van der Waals surface area (Å²) in [5, 5.41) is 2.89. The quantitative estimate of drug-likeness (QED) is 0.781. The molecule has 3 atom stereocenters. The van der Waals surface area contributed by atoms with Crippen LogP contribution in [0.15, 0.2) is 0 Å². The first kappa shape index (κ1) is 18.0. The molecule has 0 aliphatic carbocycles. The van der Waals surface area contributed by atoms with Crippen LogP contribution in [-0.4, -0.2) is 47.6 Å². The molecule has 5 heteroatoms. The van der Waals surface area contributed by atoms with E-state index in [0.29, 0.717) is 19.6 Å². The van der Waals surface area contributed by atoms with Crippen molar-refractivity contribution in [2.24, 2.45) is 5.92 Å². The number of carbonyl (C=O) groups excluding carboxylic acids is 2. The van der Waals surface area contributed by atoms with Crippen LogP contribution in [0.25, 0.3) is 0 Å². The highest BCUT2D eigenvalue weighted by Crippen LogP contribution is 2.23. The van der Waals surface area contributed by atoms with Gasteiger partial charge in [-0.15, -0.1) is 0 Å². The second-order valence-electron chi connectivity index (χ2n) is 6.45. The molecule has 1 saturated heterocycles. The average molecular weight is 298 g/mol. The van der Waals surface area contributed by atoms with Crippen molar-refractivity contribution in [2.75, 3.05) is 13.2 Å². The van der Waals surface area contributed by atoms with Crippen molar-refractivity contribution >= 4 is 11.8 Å². The Labute approximate surface area is 128 Å². The van der Waals surface area contributed by atoms with E-state index in [2.05, 4.69) is 5.32 Å². The van der Waals surface area contributed by atoms with Gasteiger partial charge in [0.05, 0.1) is 12.1 Å². The summed E-state index contributed by atoms with van der Waals surface area (Å²) in [5.74, 6) is 0.107. The molecule has 0 spiro atoms. The number of hydrogen-bond donors (Lipinski definition) is 1. The summed E-state index contributed by atoms with van der Waals surface area (Å²) in [6.45, 7) is 12.9. The molecule has 0 aromatic rings. The van der Waals surface area contributed by atoms with Crippen LogP contribution in [0.4, 0.5) is 0 Å². The zero-order valence-corrected chi connectivity index (χ0v) is 14.2. The van der Waals surface area contributed by atoms with Crippen molar-refractivity contribution in [1.29, 1.82) is 0 Å². The molecule has 0 radical (unpaired) electrons. The summed E-state index contributed by atoms with van der Waals surface area (Å²) in [5.41, 5.74) is -0.449. The summed E-state index contributed by atoms with van der Waals surface area (Å²) in [6.07, 6.45) is 1.48. The maximum atomic E-state index is 12.8. The van der Waals surface area contributed by atoms with Gasteiger partial charge in [0.25, 0.3) is 0 Å². The van der Waals surface area contributed by atoms with Crippen molar-refractivity contribution in [3.63, 3.8) is 0 Å². The Morgan fingerprint density at radius 3 is 2.38 bits per heavy atom. The van der Waals surface area contributed by atoms with Crippen LogP contribution in [0.5, 0.6) is 0 Å². The third-order valence-electron chi connectivity index (χ3n) is 4.21. The predicted molar refractivity (Wildman–Crippen MR) is 82.9 cm³/mol. The molecule has 0 saturated carbocycles. The number of nitrogens with one attached hydrogen (secondary N) is 1. The first-order chi connectivity index (χ1) is 9.77. The normalized spacial score (nSPS) is 25.0. The monoisotopic (exact) mass is 298 g/mol. The number of nitrogens with zero attached hydrogens (tertiary/aromatic N) is 1. The lowest BCUT2D eigenvalue weighted by Gasteiger charge is -2.43. The predicted octanol–water partition coefficient (Wildman–Crippen LogP) is 1.95. The highest BCUT2D eigenvalue weighted by molar-refractivity contribution is 5.97. The van der Waals surface area contributed by atoms with Gasteiger partial charge in [-0.2, -0.15) is 0 Å². The Balaban J connectivity index is 2.98. The molecule has 122 valence electrons. The molecule has 3 unspecified atom stereocenters. The van der Waals surface area contributed by atoms with Gasteiger partial charge in [0.2, 0.25) is 11.8 Å². The Bertz CT molecular complexity index is 382. The van der Waals surface area contributed by atoms with Gasteiger partial charge < -0.3 is 15.0 Å². The van der Waals surface area contributed by atoms with Crippen LogP contribution in [0.2, 0.25) is 0 Å². The van der Waals surface area contributed by atoms with Gasteiger partial charge >= 0.3 is 0 Å². The van der Waals surface area contributed by atoms with E-state index in [4.69, 9.17) is 4.74 Å². The van der Waals surface area contributed by atoms with Crippen LogP contribution in [-0.2, 0) is 14.3 Å². The lowest BCUT2D eigenvalue weighted by molar-refractivity contribution is -0.155. The zero-order chi connectivity index (χ0) is 16.2. The molecule has 1 fully saturated rings. The molecule has 21 heavy (non-hydrogen) atoms. The summed E-state index contributed by atoms with van der Waals surface area (Å²) in [6, 6.07) is -0.805. The smallest absolute Gasteiger partial charge is 0.246 e.